The molecule has 96 valence electrons. The second-order valence-corrected chi connectivity index (χ2v) is 4.65. The topological polar surface area (TPSA) is 84.6 Å². The number of nitrogens with one attached hydrogen (secondary N) is 1. The van der Waals surface area contributed by atoms with Crippen molar-refractivity contribution in [3.05, 3.63) is 22.4 Å². The molecule has 1 amide bonds. The van der Waals surface area contributed by atoms with Crippen molar-refractivity contribution in [1.82, 2.24) is 5.32 Å². The van der Waals surface area contributed by atoms with Crippen LogP contribution in [-0.2, 0) is 9.53 Å². The first-order valence-corrected chi connectivity index (χ1v) is 6.26. The van der Waals surface area contributed by atoms with Crippen molar-refractivity contribution in [2.24, 2.45) is 5.73 Å². The lowest BCUT2D eigenvalue weighted by molar-refractivity contribution is -0.123. The van der Waals surface area contributed by atoms with Crippen LogP contribution in [0.5, 0.6) is 0 Å². The fourth-order valence-corrected chi connectivity index (χ4v) is 2.17. The zero-order valence-corrected chi connectivity index (χ0v) is 10.6. The Morgan fingerprint density at radius 1 is 1.71 bits per heavy atom. The van der Waals surface area contributed by atoms with E-state index in [1.807, 2.05) is 17.5 Å². The van der Waals surface area contributed by atoms with Gasteiger partial charge in [-0.15, -0.1) is 11.3 Å². The molecule has 4 N–H and O–H groups in total. The van der Waals surface area contributed by atoms with Crippen molar-refractivity contribution >= 4 is 17.2 Å². The fourth-order valence-electron chi connectivity index (χ4n) is 1.44. The summed E-state index contributed by atoms with van der Waals surface area (Å²) in [6.07, 6.45) is 0.455. The predicted octanol–water partition coefficient (Wildman–Crippen LogP) is 0.262. The number of aliphatic hydroxyl groups is 1. The van der Waals surface area contributed by atoms with E-state index in [1.165, 1.54) is 11.3 Å². The van der Waals surface area contributed by atoms with Gasteiger partial charge in [0.05, 0.1) is 12.6 Å². The molecular formula is C11H18N2O3S. The first-order chi connectivity index (χ1) is 8.19. The molecule has 2 atom stereocenters. The summed E-state index contributed by atoms with van der Waals surface area (Å²) in [5.74, 6) is -0.247. The Labute approximate surface area is 105 Å². The minimum absolute atomic E-state index is 0.00253. The third kappa shape index (κ3) is 4.43. The van der Waals surface area contributed by atoms with E-state index in [0.717, 1.165) is 4.88 Å². The van der Waals surface area contributed by atoms with Gasteiger partial charge in [-0.25, -0.2) is 0 Å². The van der Waals surface area contributed by atoms with Gasteiger partial charge in [0, 0.05) is 18.6 Å². The molecule has 0 bridgehead atoms. The smallest absolute Gasteiger partial charge is 0.242 e. The first kappa shape index (κ1) is 14.1. The minimum Gasteiger partial charge on any atom is -0.396 e. The number of rotatable bonds is 7. The van der Waals surface area contributed by atoms with Crippen molar-refractivity contribution in [3.8, 4) is 0 Å². The van der Waals surface area contributed by atoms with Gasteiger partial charge in [0.25, 0.3) is 0 Å². The van der Waals surface area contributed by atoms with Gasteiger partial charge in [0.2, 0.25) is 5.91 Å². The largest absolute Gasteiger partial charge is 0.396 e. The van der Waals surface area contributed by atoms with E-state index in [9.17, 15) is 4.79 Å². The first-order valence-electron chi connectivity index (χ1n) is 5.38. The Morgan fingerprint density at radius 2 is 2.47 bits per heavy atom. The van der Waals surface area contributed by atoms with Crippen molar-refractivity contribution in [2.75, 3.05) is 20.3 Å². The third-order valence-electron chi connectivity index (χ3n) is 2.32. The molecule has 6 heteroatoms. The van der Waals surface area contributed by atoms with Crippen LogP contribution in [0.1, 0.15) is 17.3 Å². The normalized spacial score (nSPS) is 14.3. The summed E-state index contributed by atoms with van der Waals surface area (Å²) < 4.78 is 4.96. The van der Waals surface area contributed by atoms with E-state index in [0.29, 0.717) is 13.0 Å². The molecule has 0 radical (unpaired) electrons. The highest BCUT2D eigenvalue weighted by molar-refractivity contribution is 7.10. The monoisotopic (exact) mass is 258 g/mol. The van der Waals surface area contributed by atoms with Gasteiger partial charge in [-0.2, -0.15) is 0 Å². The molecule has 0 saturated heterocycles. The van der Waals surface area contributed by atoms with Gasteiger partial charge < -0.3 is 20.9 Å². The average Bonchev–Trinajstić information content (AvgIpc) is 2.82. The maximum atomic E-state index is 11.8. The van der Waals surface area contributed by atoms with E-state index in [-0.39, 0.29) is 18.6 Å². The second kappa shape index (κ2) is 7.39. The van der Waals surface area contributed by atoms with Crippen LogP contribution in [0.15, 0.2) is 17.5 Å². The Bertz CT molecular complexity index is 323. The standard InChI is InChI=1S/C11H18N2O3S/c1-16-7-8(4-5-14)13-11(15)10(12)9-3-2-6-17-9/h2-3,6,8,10,14H,4-5,7,12H2,1H3,(H,13,15). The van der Waals surface area contributed by atoms with Crippen LogP contribution in [0.4, 0.5) is 0 Å². The highest BCUT2D eigenvalue weighted by Crippen LogP contribution is 2.16. The molecule has 1 rings (SSSR count). The highest BCUT2D eigenvalue weighted by Gasteiger charge is 2.19. The van der Waals surface area contributed by atoms with Crippen LogP contribution in [0.25, 0.3) is 0 Å². The Kier molecular flexibility index (Phi) is 6.13. The molecule has 1 heterocycles. The summed E-state index contributed by atoms with van der Waals surface area (Å²) in [5, 5.41) is 13.5. The molecule has 0 aliphatic rings. The van der Waals surface area contributed by atoms with Crippen molar-refractivity contribution in [1.29, 1.82) is 0 Å². The summed E-state index contributed by atoms with van der Waals surface area (Å²) >= 11 is 1.45. The van der Waals surface area contributed by atoms with Crippen molar-refractivity contribution < 1.29 is 14.6 Å². The number of hydrogen-bond acceptors (Lipinski definition) is 5. The number of nitrogens with two attached hydrogens (primary N) is 1. The van der Waals surface area contributed by atoms with Gasteiger partial charge in [-0.05, 0) is 17.9 Å². The third-order valence-corrected chi connectivity index (χ3v) is 3.28. The summed E-state index contributed by atoms with van der Waals surface area (Å²) in [6.45, 7) is 0.367. The van der Waals surface area contributed by atoms with Gasteiger partial charge in [-0.1, -0.05) is 6.07 Å². The van der Waals surface area contributed by atoms with Crippen LogP contribution < -0.4 is 11.1 Å². The van der Waals surface area contributed by atoms with Gasteiger partial charge >= 0.3 is 0 Å². The van der Waals surface area contributed by atoms with Crippen LogP contribution in [0, 0.1) is 0 Å². The molecule has 5 nitrogen and oxygen atoms in total. The van der Waals surface area contributed by atoms with E-state index in [2.05, 4.69) is 5.32 Å². The summed E-state index contributed by atoms with van der Waals surface area (Å²) in [5.41, 5.74) is 5.82. The minimum atomic E-state index is -0.659. The molecule has 0 aliphatic carbocycles. The lowest BCUT2D eigenvalue weighted by atomic mass is 10.2. The number of amides is 1. The lowest BCUT2D eigenvalue weighted by Crippen LogP contribution is -2.43. The second-order valence-electron chi connectivity index (χ2n) is 3.67. The van der Waals surface area contributed by atoms with Crippen LogP contribution in [-0.4, -0.2) is 37.4 Å². The molecule has 1 aromatic heterocycles. The van der Waals surface area contributed by atoms with Gasteiger partial charge in [0.1, 0.15) is 6.04 Å². The van der Waals surface area contributed by atoms with E-state index in [4.69, 9.17) is 15.6 Å². The highest BCUT2D eigenvalue weighted by atomic mass is 32.1. The Morgan fingerprint density at radius 3 is 3.00 bits per heavy atom. The number of hydrogen-bond donors (Lipinski definition) is 3. The van der Waals surface area contributed by atoms with Crippen molar-refractivity contribution in [3.63, 3.8) is 0 Å². The predicted molar refractivity (Wildman–Crippen MR) is 66.8 cm³/mol. The Balaban J connectivity index is 2.51. The van der Waals surface area contributed by atoms with Crippen LogP contribution >= 0.6 is 11.3 Å². The van der Waals surface area contributed by atoms with E-state index < -0.39 is 6.04 Å². The molecule has 2 unspecified atom stereocenters. The number of carbonyl (C=O) groups excluding carboxylic acids is 1. The zero-order chi connectivity index (χ0) is 12.7. The zero-order valence-electron chi connectivity index (χ0n) is 9.76. The molecule has 0 fully saturated rings. The Hall–Kier alpha value is -0.950. The number of carbonyl (C=O) groups is 1. The molecule has 0 spiro atoms. The van der Waals surface area contributed by atoms with E-state index in [1.54, 1.807) is 7.11 Å². The maximum absolute atomic E-state index is 11.8. The lowest BCUT2D eigenvalue weighted by Gasteiger charge is -2.19. The number of thiophene rings is 1. The maximum Gasteiger partial charge on any atom is 0.242 e. The summed E-state index contributed by atoms with van der Waals surface area (Å²) in [4.78, 5) is 12.7. The van der Waals surface area contributed by atoms with Gasteiger partial charge in [-0.3, -0.25) is 4.79 Å². The summed E-state index contributed by atoms with van der Waals surface area (Å²) in [6, 6.07) is 2.82. The average molecular weight is 258 g/mol. The van der Waals surface area contributed by atoms with Crippen LogP contribution in [0.2, 0.25) is 0 Å². The molecule has 0 saturated carbocycles. The number of ether oxygens (including phenoxy) is 1. The van der Waals surface area contributed by atoms with Gasteiger partial charge in [0.15, 0.2) is 0 Å². The number of aliphatic hydroxyl groups excluding tert-OH is 1. The molecular weight excluding hydrogens is 240 g/mol. The van der Waals surface area contributed by atoms with E-state index >= 15 is 0 Å². The fraction of sp³-hybridized carbons (Fsp3) is 0.545. The van der Waals surface area contributed by atoms with Crippen LogP contribution in [0.3, 0.4) is 0 Å². The van der Waals surface area contributed by atoms with Crippen molar-refractivity contribution in [2.45, 2.75) is 18.5 Å². The SMILES string of the molecule is COCC(CCO)NC(=O)C(N)c1cccs1. The molecule has 0 aromatic carbocycles. The number of methoxy groups -OCH3 is 1. The quantitative estimate of drug-likeness (QED) is 0.655. The molecule has 17 heavy (non-hydrogen) atoms. The summed E-state index contributed by atoms with van der Waals surface area (Å²) in [7, 11) is 1.55. The molecule has 1 aromatic rings. The molecule has 0 aliphatic heterocycles.